The first-order chi connectivity index (χ1) is 10.0. The van der Waals surface area contributed by atoms with Gasteiger partial charge in [-0.15, -0.1) is 0 Å². The maximum absolute atomic E-state index is 14.3. The summed E-state index contributed by atoms with van der Waals surface area (Å²) >= 11 is 3.16. The third-order valence-electron chi connectivity index (χ3n) is 5.04. The Morgan fingerprint density at radius 3 is 2.48 bits per heavy atom. The van der Waals surface area contributed by atoms with Crippen molar-refractivity contribution in [1.29, 1.82) is 0 Å². The van der Waals surface area contributed by atoms with E-state index in [0.29, 0.717) is 10.9 Å². The maximum atomic E-state index is 14.3. The molecule has 21 heavy (non-hydrogen) atoms. The van der Waals surface area contributed by atoms with Crippen LogP contribution in [-0.4, -0.2) is 12.6 Å². The van der Waals surface area contributed by atoms with E-state index in [-0.39, 0.29) is 17.0 Å². The van der Waals surface area contributed by atoms with Gasteiger partial charge < -0.3 is 5.32 Å². The highest BCUT2D eigenvalue weighted by atomic mass is 79.9. The Morgan fingerprint density at radius 1 is 1.24 bits per heavy atom. The molecule has 1 nitrogen and oxygen atoms in total. The van der Waals surface area contributed by atoms with Crippen molar-refractivity contribution < 1.29 is 8.78 Å². The molecular formula is C17H24BrF2N. The fourth-order valence-electron chi connectivity index (χ4n) is 3.74. The minimum absolute atomic E-state index is 0.133. The van der Waals surface area contributed by atoms with Crippen LogP contribution in [0.4, 0.5) is 8.78 Å². The zero-order valence-corrected chi connectivity index (χ0v) is 14.4. The molecule has 1 N–H and O–H groups in total. The van der Waals surface area contributed by atoms with E-state index in [1.807, 2.05) is 0 Å². The second kappa shape index (κ2) is 7.19. The molecular weight excluding hydrogens is 336 g/mol. The average molecular weight is 360 g/mol. The Bertz CT molecular complexity index is 484. The predicted octanol–water partition coefficient (Wildman–Crippen LogP) is 5.22. The molecule has 0 saturated heterocycles. The molecule has 2 rings (SSSR count). The quantitative estimate of drug-likeness (QED) is 0.686. The third kappa shape index (κ3) is 3.48. The van der Waals surface area contributed by atoms with Crippen LogP contribution in [0.3, 0.4) is 0 Å². The normalized spacial score (nSPS) is 18.9. The van der Waals surface area contributed by atoms with E-state index in [1.54, 1.807) is 0 Å². The Balaban J connectivity index is 2.30. The smallest absolute Gasteiger partial charge is 0.143 e. The molecule has 1 aromatic carbocycles. The van der Waals surface area contributed by atoms with Crippen LogP contribution in [0, 0.1) is 17.0 Å². The van der Waals surface area contributed by atoms with Gasteiger partial charge in [0.25, 0.3) is 0 Å². The van der Waals surface area contributed by atoms with Crippen LogP contribution in [0.25, 0.3) is 0 Å². The first-order valence-electron chi connectivity index (χ1n) is 7.90. The first kappa shape index (κ1) is 16.9. The highest BCUT2D eigenvalue weighted by Gasteiger charge is 2.40. The molecule has 1 atom stereocenters. The molecule has 1 unspecified atom stereocenters. The largest absolute Gasteiger partial charge is 0.313 e. The molecule has 1 aliphatic carbocycles. The second-order valence-corrected chi connectivity index (χ2v) is 6.91. The Morgan fingerprint density at radius 2 is 1.90 bits per heavy atom. The minimum Gasteiger partial charge on any atom is -0.313 e. The third-order valence-corrected chi connectivity index (χ3v) is 5.65. The first-order valence-corrected chi connectivity index (χ1v) is 8.69. The van der Waals surface area contributed by atoms with Gasteiger partial charge in [-0.25, -0.2) is 8.78 Å². The lowest BCUT2D eigenvalue weighted by Gasteiger charge is -2.38. The van der Waals surface area contributed by atoms with Crippen LogP contribution >= 0.6 is 15.9 Å². The summed E-state index contributed by atoms with van der Waals surface area (Å²) in [6, 6.07) is 2.91. The Kier molecular flexibility index (Phi) is 5.78. The van der Waals surface area contributed by atoms with Crippen molar-refractivity contribution in [2.24, 2.45) is 5.41 Å². The molecule has 0 aliphatic heterocycles. The summed E-state index contributed by atoms with van der Waals surface area (Å²) in [5.41, 5.74) is 0.382. The van der Waals surface area contributed by atoms with Gasteiger partial charge >= 0.3 is 0 Å². The number of hydrogen-bond acceptors (Lipinski definition) is 1. The minimum atomic E-state index is -0.456. The fourth-order valence-corrected chi connectivity index (χ4v) is 4.11. The van der Waals surface area contributed by atoms with Gasteiger partial charge in [-0.3, -0.25) is 0 Å². The molecule has 0 spiro atoms. The van der Waals surface area contributed by atoms with Crippen molar-refractivity contribution in [3.8, 4) is 0 Å². The van der Waals surface area contributed by atoms with Gasteiger partial charge in [-0.05, 0) is 65.7 Å². The van der Waals surface area contributed by atoms with Crippen molar-refractivity contribution in [3.63, 3.8) is 0 Å². The number of nitrogens with one attached hydrogen (secondary N) is 1. The zero-order chi connectivity index (χ0) is 15.5. The Hall–Kier alpha value is -0.480. The highest BCUT2D eigenvalue weighted by molar-refractivity contribution is 9.10. The summed E-state index contributed by atoms with van der Waals surface area (Å²) in [4.78, 5) is 0. The maximum Gasteiger partial charge on any atom is 0.143 e. The summed E-state index contributed by atoms with van der Waals surface area (Å²) in [6.07, 6.45) is 6.22. The second-order valence-electron chi connectivity index (χ2n) is 6.06. The topological polar surface area (TPSA) is 12.0 Å². The lowest BCUT2D eigenvalue weighted by Crippen LogP contribution is -2.45. The number of halogens is 3. The zero-order valence-electron chi connectivity index (χ0n) is 12.8. The van der Waals surface area contributed by atoms with E-state index in [2.05, 4.69) is 35.1 Å². The highest BCUT2D eigenvalue weighted by Crippen LogP contribution is 2.45. The van der Waals surface area contributed by atoms with E-state index >= 15 is 0 Å². The molecule has 0 amide bonds. The molecule has 0 heterocycles. The fraction of sp³-hybridized carbons (Fsp3) is 0.647. The molecule has 1 aromatic rings. The van der Waals surface area contributed by atoms with Gasteiger partial charge in [0.05, 0.1) is 4.47 Å². The lowest BCUT2D eigenvalue weighted by atomic mass is 9.74. The number of likely N-dealkylation sites (N-methyl/N-ethyl adjacent to an activating group) is 1. The van der Waals surface area contributed by atoms with Crippen LogP contribution in [0.2, 0.25) is 0 Å². The molecule has 4 heteroatoms. The van der Waals surface area contributed by atoms with Gasteiger partial charge in [0.1, 0.15) is 11.6 Å². The molecule has 118 valence electrons. The SMILES string of the molecule is CCNC(Cc1c(F)ccc(Br)c1F)C1(CC)CCCC1. The summed E-state index contributed by atoms with van der Waals surface area (Å²) in [5, 5.41) is 3.49. The van der Waals surface area contributed by atoms with Crippen molar-refractivity contribution in [3.05, 3.63) is 33.8 Å². The van der Waals surface area contributed by atoms with Gasteiger partial charge in [0, 0.05) is 11.6 Å². The molecule has 1 fully saturated rings. The van der Waals surface area contributed by atoms with Crippen LogP contribution < -0.4 is 5.32 Å². The molecule has 0 aromatic heterocycles. The van der Waals surface area contributed by atoms with Crippen molar-refractivity contribution >= 4 is 15.9 Å². The van der Waals surface area contributed by atoms with Crippen LogP contribution in [-0.2, 0) is 6.42 Å². The Labute approximate surface area is 134 Å². The van der Waals surface area contributed by atoms with Crippen molar-refractivity contribution in [2.45, 2.75) is 58.4 Å². The average Bonchev–Trinajstić information content (AvgIpc) is 2.96. The van der Waals surface area contributed by atoms with E-state index in [4.69, 9.17) is 0 Å². The van der Waals surface area contributed by atoms with E-state index < -0.39 is 11.6 Å². The standard InChI is InChI=1S/C17H24BrF2N/c1-3-17(9-5-6-10-17)15(21-4-2)11-12-14(19)8-7-13(18)16(12)20/h7-8,15,21H,3-6,9-11H2,1-2H3. The van der Waals surface area contributed by atoms with Crippen LogP contribution in [0.5, 0.6) is 0 Å². The monoisotopic (exact) mass is 359 g/mol. The van der Waals surface area contributed by atoms with Gasteiger partial charge in [0.2, 0.25) is 0 Å². The van der Waals surface area contributed by atoms with E-state index in [1.165, 1.54) is 25.0 Å². The predicted molar refractivity (Wildman–Crippen MR) is 86.4 cm³/mol. The summed E-state index contributed by atoms with van der Waals surface area (Å²) < 4.78 is 28.7. The van der Waals surface area contributed by atoms with Crippen molar-refractivity contribution in [2.75, 3.05) is 6.54 Å². The van der Waals surface area contributed by atoms with Gasteiger partial charge in [-0.1, -0.05) is 26.7 Å². The molecule has 1 saturated carbocycles. The number of benzene rings is 1. The van der Waals surface area contributed by atoms with Gasteiger partial charge in [-0.2, -0.15) is 0 Å². The number of rotatable bonds is 6. The van der Waals surface area contributed by atoms with Gasteiger partial charge in [0.15, 0.2) is 0 Å². The summed E-state index contributed by atoms with van der Waals surface area (Å²) in [6.45, 7) is 5.08. The lowest BCUT2D eigenvalue weighted by molar-refractivity contribution is 0.184. The van der Waals surface area contributed by atoms with Crippen LogP contribution in [0.15, 0.2) is 16.6 Å². The molecule has 0 bridgehead atoms. The van der Waals surface area contributed by atoms with Crippen LogP contribution in [0.1, 0.15) is 51.5 Å². The van der Waals surface area contributed by atoms with Crippen molar-refractivity contribution in [1.82, 2.24) is 5.32 Å². The molecule has 0 radical (unpaired) electrons. The van der Waals surface area contributed by atoms with E-state index in [0.717, 1.165) is 25.8 Å². The summed E-state index contributed by atoms with van der Waals surface area (Å²) in [7, 11) is 0. The summed E-state index contributed by atoms with van der Waals surface area (Å²) in [5.74, 6) is -0.898. The molecule has 1 aliphatic rings. The van der Waals surface area contributed by atoms with E-state index in [9.17, 15) is 8.78 Å². The number of hydrogen-bond donors (Lipinski definition) is 1.